The first-order chi connectivity index (χ1) is 10.4. The van der Waals surface area contributed by atoms with Crippen LogP contribution in [-0.4, -0.2) is 60.3 Å². The van der Waals surface area contributed by atoms with Gasteiger partial charge in [-0.3, -0.25) is 4.79 Å². The summed E-state index contributed by atoms with van der Waals surface area (Å²) in [5.74, 6) is -1.84. The quantitative estimate of drug-likeness (QED) is 0.785. The maximum Gasteiger partial charge on any atom is 0.471 e. The number of hydrogen-bond acceptors (Lipinski definition) is 3. The van der Waals surface area contributed by atoms with E-state index in [1.54, 1.807) is 4.90 Å². The fourth-order valence-electron chi connectivity index (χ4n) is 2.94. The molecule has 5 nitrogen and oxygen atoms in total. The molecule has 2 saturated heterocycles. The third-order valence-electron chi connectivity index (χ3n) is 4.14. The fourth-order valence-corrected chi connectivity index (χ4v) is 2.94. The second-order valence-electron chi connectivity index (χ2n) is 5.77. The second-order valence-corrected chi connectivity index (χ2v) is 5.77. The summed E-state index contributed by atoms with van der Waals surface area (Å²) in [6.07, 6.45) is -0.785. The third kappa shape index (κ3) is 4.27. The topological polar surface area (TPSA) is 49.9 Å². The molecule has 2 aliphatic rings. The van der Waals surface area contributed by atoms with E-state index in [1.807, 2.05) is 0 Å². The molecule has 22 heavy (non-hydrogen) atoms. The van der Waals surface area contributed by atoms with Crippen LogP contribution in [0.5, 0.6) is 0 Å². The standard InChI is InChI=1S/C14H21F3N2O3/c15-14(16,17)12(20)19-9-5-2-6-11(19)10-22-13(21)18-7-3-1-4-8-18/h11H,1-10H2. The lowest BCUT2D eigenvalue weighted by Crippen LogP contribution is -2.51. The van der Waals surface area contributed by atoms with E-state index in [4.69, 9.17) is 4.74 Å². The molecule has 2 heterocycles. The summed E-state index contributed by atoms with van der Waals surface area (Å²) in [4.78, 5) is 25.7. The maximum atomic E-state index is 12.6. The number of ether oxygens (including phenoxy) is 1. The maximum absolute atomic E-state index is 12.6. The van der Waals surface area contributed by atoms with Crippen molar-refractivity contribution in [2.45, 2.75) is 50.7 Å². The van der Waals surface area contributed by atoms with Crippen molar-refractivity contribution in [3.8, 4) is 0 Å². The monoisotopic (exact) mass is 322 g/mol. The molecule has 0 spiro atoms. The van der Waals surface area contributed by atoms with E-state index in [9.17, 15) is 22.8 Å². The van der Waals surface area contributed by atoms with E-state index in [2.05, 4.69) is 0 Å². The Bertz CT molecular complexity index is 409. The Labute approximate surface area is 127 Å². The SMILES string of the molecule is O=C(OCC1CCCCN1C(=O)C(F)(F)F)N1CCCCC1. The summed E-state index contributed by atoms with van der Waals surface area (Å²) in [6.45, 7) is 1.13. The lowest BCUT2D eigenvalue weighted by Gasteiger charge is -2.36. The Kier molecular flexibility index (Phi) is 5.52. The van der Waals surface area contributed by atoms with E-state index in [1.165, 1.54) is 0 Å². The third-order valence-corrected chi connectivity index (χ3v) is 4.14. The molecule has 126 valence electrons. The second kappa shape index (κ2) is 7.19. The molecule has 0 radical (unpaired) electrons. The average Bonchev–Trinajstić information content (AvgIpc) is 2.52. The zero-order valence-electron chi connectivity index (χ0n) is 12.4. The van der Waals surface area contributed by atoms with E-state index in [0.29, 0.717) is 25.9 Å². The molecule has 1 atom stereocenters. The predicted octanol–water partition coefficient (Wildman–Crippen LogP) is 2.55. The Morgan fingerprint density at radius 2 is 1.64 bits per heavy atom. The number of carbonyl (C=O) groups is 2. The van der Waals surface area contributed by atoms with E-state index in [-0.39, 0.29) is 13.2 Å². The molecule has 0 N–H and O–H groups in total. The van der Waals surface area contributed by atoms with Crippen LogP contribution in [0.25, 0.3) is 0 Å². The minimum absolute atomic E-state index is 0.0598. The molecule has 2 amide bonds. The number of piperidine rings is 2. The number of amides is 2. The van der Waals surface area contributed by atoms with Gasteiger partial charge in [0.1, 0.15) is 6.61 Å². The van der Waals surface area contributed by atoms with Crippen LogP contribution in [0.15, 0.2) is 0 Å². The average molecular weight is 322 g/mol. The first-order valence-corrected chi connectivity index (χ1v) is 7.69. The molecular weight excluding hydrogens is 301 g/mol. The zero-order valence-corrected chi connectivity index (χ0v) is 12.4. The highest BCUT2D eigenvalue weighted by atomic mass is 19.4. The number of halogens is 3. The smallest absolute Gasteiger partial charge is 0.447 e. The Balaban J connectivity index is 1.88. The Morgan fingerprint density at radius 1 is 1.00 bits per heavy atom. The van der Waals surface area contributed by atoms with Crippen LogP contribution >= 0.6 is 0 Å². The van der Waals surface area contributed by atoms with Crippen LogP contribution in [0.3, 0.4) is 0 Å². The number of rotatable bonds is 2. The largest absolute Gasteiger partial charge is 0.471 e. The molecule has 2 aliphatic heterocycles. The molecule has 0 aromatic heterocycles. The molecule has 0 bridgehead atoms. The van der Waals surface area contributed by atoms with Crippen LogP contribution in [0.2, 0.25) is 0 Å². The molecule has 0 aromatic rings. The molecule has 8 heteroatoms. The minimum Gasteiger partial charge on any atom is -0.447 e. The first-order valence-electron chi connectivity index (χ1n) is 7.69. The summed E-state index contributed by atoms with van der Waals surface area (Å²) in [6, 6.07) is -0.684. The molecule has 2 fully saturated rings. The molecule has 0 aliphatic carbocycles. The first kappa shape index (κ1) is 16.9. The van der Waals surface area contributed by atoms with Crippen LogP contribution in [-0.2, 0) is 9.53 Å². The van der Waals surface area contributed by atoms with Crippen molar-refractivity contribution in [3.05, 3.63) is 0 Å². The van der Waals surface area contributed by atoms with Gasteiger partial charge in [-0.05, 0) is 38.5 Å². The summed E-state index contributed by atoms with van der Waals surface area (Å²) < 4.78 is 42.9. The van der Waals surface area contributed by atoms with Gasteiger partial charge in [0.2, 0.25) is 0 Å². The van der Waals surface area contributed by atoms with Crippen LogP contribution < -0.4 is 0 Å². The van der Waals surface area contributed by atoms with Gasteiger partial charge in [-0.15, -0.1) is 0 Å². The van der Waals surface area contributed by atoms with Crippen molar-refractivity contribution in [2.75, 3.05) is 26.2 Å². The minimum atomic E-state index is -4.88. The van der Waals surface area contributed by atoms with Gasteiger partial charge in [0.25, 0.3) is 0 Å². The summed E-state index contributed by atoms with van der Waals surface area (Å²) in [5.41, 5.74) is 0. The van der Waals surface area contributed by atoms with E-state index >= 15 is 0 Å². The highest BCUT2D eigenvalue weighted by Crippen LogP contribution is 2.25. The van der Waals surface area contributed by atoms with Gasteiger partial charge in [-0.2, -0.15) is 13.2 Å². The Morgan fingerprint density at radius 3 is 2.27 bits per heavy atom. The molecule has 0 saturated carbocycles. The van der Waals surface area contributed by atoms with Crippen molar-refractivity contribution in [3.63, 3.8) is 0 Å². The van der Waals surface area contributed by atoms with Crippen molar-refractivity contribution in [1.82, 2.24) is 9.80 Å². The van der Waals surface area contributed by atoms with Crippen LogP contribution in [0, 0.1) is 0 Å². The Hall–Kier alpha value is -1.47. The molecule has 1 unspecified atom stereocenters. The summed E-state index contributed by atoms with van der Waals surface area (Å²) >= 11 is 0. The fraction of sp³-hybridized carbons (Fsp3) is 0.857. The van der Waals surface area contributed by atoms with E-state index < -0.39 is 24.2 Å². The molecular formula is C14H21F3N2O3. The molecule has 2 rings (SSSR count). The van der Waals surface area contributed by atoms with Crippen molar-refractivity contribution in [2.24, 2.45) is 0 Å². The highest BCUT2D eigenvalue weighted by molar-refractivity contribution is 5.82. The number of alkyl halides is 3. The van der Waals surface area contributed by atoms with Gasteiger partial charge >= 0.3 is 18.2 Å². The number of hydrogen-bond donors (Lipinski definition) is 0. The van der Waals surface area contributed by atoms with E-state index in [0.717, 1.165) is 30.6 Å². The van der Waals surface area contributed by atoms with Crippen molar-refractivity contribution < 1.29 is 27.5 Å². The number of likely N-dealkylation sites (tertiary alicyclic amines) is 2. The normalized spacial score (nSPS) is 23.3. The molecule has 0 aromatic carbocycles. The lowest BCUT2D eigenvalue weighted by molar-refractivity contribution is -0.189. The van der Waals surface area contributed by atoms with Crippen LogP contribution in [0.1, 0.15) is 38.5 Å². The van der Waals surface area contributed by atoms with Gasteiger partial charge in [-0.25, -0.2) is 4.79 Å². The van der Waals surface area contributed by atoms with Crippen molar-refractivity contribution in [1.29, 1.82) is 0 Å². The lowest BCUT2D eigenvalue weighted by atomic mass is 10.0. The zero-order chi connectivity index (χ0) is 16.2. The van der Waals surface area contributed by atoms with Crippen LogP contribution in [0.4, 0.5) is 18.0 Å². The summed E-state index contributed by atoms with van der Waals surface area (Å²) in [5, 5.41) is 0. The van der Waals surface area contributed by atoms with Crippen molar-refractivity contribution >= 4 is 12.0 Å². The van der Waals surface area contributed by atoms with Gasteiger partial charge in [0.05, 0.1) is 6.04 Å². The number of carbonyl (C=O) groups excluding carboxylic acids is 2. The highest BCUT2D eigenvalue weighted by Gasteiger charge is 2.45. The predicted molar refractivity (Wildman–Crippen MR) is 72.2 cm³/mol. The number of nitrogens with zero attached hydrogens (tertiary/aromatic N) is 2. The van der Waals surface area contributed by atoms with Gasteiger partial charge in [-0.1, -0.05) is 0 Å². The summed E-state index contributed by atoms with van der Waals surface area (Å²) in [7, 11) is 0. The van der Waals surface area contributed by atoms with Gasteiger partial charge in [0, 0.05) is 19.6 Å². The van der Waals surface area contributed by atoms with Gasteiger partial charge in [0.15, 0.2) is 0 Å². The van der Waals surface area contributed by atoms with Gasteiger partial charge < -0.3 is 14.5 Å².